The van der Waals surface area contributed by atoms with Gasteiger partial charge in [0.25, 0.3) is 10.1 Å². The lowest BCUT2D eigenvalue weighted by Gasteiger charge is -2.37. The van der Waals surface area contributed by atoms with Gasteiger partial charge in [-0.2, -0.15) is 8.42 Å². The first-order chi connectivity index (χ1) is 19.0. The van der Waals surface area contributed by atoms with Gasteiger partial charge in [0, 0.05) is 50.1 Å². The Kier molecular flexibility index (Phi) is 8.17. The summed E-state index contributed by atoms with van der Waals surface area (Å²) < 4.78 is 56.6. The van der Waals surface area contributed by atoms with E-state index in [0.29, 0.717) is 50.6 Å². The van der Waals surface area contributed by atoms with Crippen molar-refractivity contribution in [2.24, 2.45) is 0 Å². The van der Waals surface area contributed by atoms with Crippen LogP contribution in [-0.2, 0) is 21.4 Å². The minimum Gasteiger partial charge on any atom is -0.494 e. The molecule has 5 rings (SSSR count). The zero-order valence-electron chi connectivity index (χ0n) is 22.8. The summed E-state index contributed by atoms with van der Waals surface area (Å²) in [5, 5.41) is 0. The van der Waals surface area contributed by atoms with E-state index < -0.39 is 27.6 Å². The number of amides is 1. The second-order valence-corrected chi connectivity index (χ2v) is 12.5. The number of aromatic nitrogens is 1. The molecule has 0 bridgehead atoms. The van der Waals surface area contributed by atoms with Gasteiger partial charge < -0.3 is 14.4 Å². The molecule has 3 fully saturated rings. The molecule has 2 aromatic rings. The average Bonchev–Trinajstić information content (AvgIpc) is 3.69. The maximum atomic E-state index is 13.5. The van der Waals surface area contributed by atoms with Crippen molar-refractivity contribution in [3.8, 4) is 17.0 Å². The van der Waals surface area contributed by atoms with Crippen molar-refractivity contribution in [3.05, 3.63) is 59.6 Å². The number of carbonyl (C=O) groups is 1. The number of likely N-dealkylation sites (tertiary alicyclic amines) is 1. The Morgan fingerprint density at radius 3 is 2.65 bits per heavy atom. The Morgan fingerprint density at radius 1 is 1.27 bits per heavy atom. The van der Waals surface area contributed by atoms with Gasteiger partial charge in [-0.15, -0.1) is 0 Å². The Morgan fingerprint density at radius 2 is 2.02 bits per heavy atom. The fraction of sp³-hybridized carbons (Fsp3) is 0.517. The number of rotatable bonds is 11. The van der Waals surface area contributed by atoms with Crippen LogP contribution < -0.4 is 4.74 Å². The molecule has 2 saturated heterocycles. The third-order valence-corrected chi connectivity index (χ3v) is 8.65. The van der Waals surface area contributed by atoms with E-state index in [1.165, 1.54) is 17.8 Å². The third kappa shape index (κ3) is 6.82. The average molecular weight is 574 g/mol. The number of halogens is 1. The van der Waals surface area contributed by atoms with E-state index in [2.05, 4.69) is 22.5 Å². The first-order valence-electron chi connectivity index (χ1n) is 13.8. The highest BCUT2D eigenvalue weighted by molar-refractivity contribution is 7.85. The highest BCUT2D eigenvalue weighted by Gasteiger charge is 2.46. The van der Waals surface area contributed by atoms with Gasteiger partial charge in [-0.1, -0.05) is 12.2 Å². The van der Waals surface area contributed by atoms with Crippen molar-refractivity contribution in [1.82, 2.24) is 14.8 Å². The van der Waals surface area contributed by atoms with Crippen LogP contribution in [0.25, 0.3) is 11.3 Å². The van der Waals surface area contributed by atoms with E-state index in [1.807, 2.05) is 13.0 Å². The van der Waals surface area contributed by atoms with Gasteiger partial charge in [0.15, 0.2) is 0 Å². The normalized spacial score (nSPS) is 19.2. The van der Waals surface area contributed by atoms with E-state index >= 15 is 0 Å². The molecule has 2 aliphatic heterocycles. The molecule has 0 atom stereocenters. The van der Waals surface area contributed by atoms with Gasteiger partial charge in [0.1, 0.15) is 17.2 Å². The van der Waals surface area contributed by atoms with Crippen LogP contribution in [0.15, 0.2) is 42.6 Å². The molecule has 3 aliphatic rings. The SMILES string of the molecule is C=C(CCN1CC2(CCN(Cc3cc(C4CC4)c(-c4ccc(F)cn4)cc3OCC)CC2)OC1=O)CS(=O)(=O)O. The smallest absolute Gasteiger partial charge is 0.410 e. The van der Waals surface area contributed by atoms with Gasteiger partial charge in [-0.25, -0.2) is 9.18 Å². The number of piperidine rings is 1. The lowest BCUT2D eigenvalue weighted by molar-refractivity contribution is -0.00138. The standard InChI is InChI=1S/C29H36FN3O6S/c1-3-38-27-15-25(26-7-6-23(30)16-31-26)24(21-4-5-21)14-22(27)17-32-12-9-29(10-13-32)19-33(28(34)39-29)11-8-20(2)18-40(35,36)37/h6-7,14-16,21H,2-5,8-13,17-19H2,1H3,(H,35,36,37). The number of benzene rings is 1. The minimum atomic E-state index is -4.14. The van der Waals surface area contributed by atoms with Crippen molar-refractivity contribution in [2.45, 2.75) is 57.1 Å². The summed E-state index contributed by atoms with van der Waals surface area (Å²) >= 11 is 0. The summed E-state index contributed by atoms with van der Waals surface area (Å²) in [7, 11) is -4.14. The summed E-state index contributed by atoms with van der Waals surface area (Å²) in [6.07, 6.45) is 4.76. The molecule has 1 N–H and O–H groups in total. The summed E-state index contributed by atoms with van der Waals surface area (Å²) in [5.41, 5.74) is 3.85. The Balaban J connectivity index is 1.24. The van der Waals surface area contributed by atoms with Crippen molar-refractivity contribution >= 4 is 16.2 Å². The number of ether oxygens (including phenoxy) is 2. The van der Waals surface area contributed by atoms with E-state index in [4.69, 9.17) is 14.0 Å². The predicted octanol–water partition coefficient (Wildman–Crippen LogP) is 4.78. The molecule has 1 aromatic heterocycles. The Bertz CT molecular complexity index is 1370. The lowest BCUT2D eigenvalue weighted by atomic mass is 9.90. The molecule has 11 heteroatoms. The van der Waals surface area contributed by atoms with Crippen molar-refractivity contribution < 1.29 is 31.6 Å². The van der Waals surface area contributed by atoms with E-state index in [-0.39, 0.29) is 12.2 Å². The number of hydrogen-bond acceptors (Lipinski definition) is 7. The molecule has 9 nitrogen and oxygen atoms in total. The maximum absolute atomic E-state index is 13.5. The van der Waals surface area contributed by atoms with Crippen molar-refractivity contribution in [2.75, 3.05) is 38.5 Å². The van der Waals surface area contributed by atoms with Gasteiger partial charge in [0.2, 0.25) is 0 Å². The largest absolute Gasteiger partial charge is 0.494 e. The Labute approximate surface area is 234 Å². The van der Waals surface area contributed by atoms with Crippen LogP contribution in [0, 0.1) is 5.82 Å². The van der Waals surface area contributed by atoms with Crippen molar-refractivity contribution in [1.29, 1.82) is 0 Å². The second kappa shape index (κ2) is 11.5. The monoisotopic (exact) mass is 573 g/mol. The van der Waals surface area contributed by atoms with Crippen LogP contribution in [0.1, 0.15) is 56.1 Å². The molecular weight excluding hydrogens is 537 g/mol. The molecule has 0 radical (unpaired) electrons. The lowest BCUT2D eigenvalue weighted by Crippen LogP contribution is -2.46. The highest BCUT2D eigenvalue weighted by atomic mass is 32.2. The first-order valence-corrected chi connectivity index (χ1v) is 15.4. The molecule has 1 aliphatic carbocycles. The third-order valence-electron chi connectivity index (χ3n) is 7.88. The molecule has 216 valence electrons. The molecule has 0 unspecified atom stereocenters. The quantitative estimate of drug-likeness (QED) is 0.302. The van der Waals surface area contributed by atoms with Crippen LogP contribution in [-0.4, -0.2) is 78.0 Å². The van der Waals surface area contributed by atoms with Gasteiger partial charge in [-0.3, -0.25) is 14.4 Å². The maximum Gasteiger partial charge on any atom is 0.410 e. The van der Waals surface area contributed by atoms with Crippen LogP contribution >= 0.6 is 0 Å². The summed E-state index contributed by atoms with van der Waals surface area (Å²) in [6.45, 7) is 9.14. The van der Waals surface area contributed by atoms with Crippen LogP contribution in [0.3, 0.4) is 0 Å². The topological polar surface area (TPSA) is 109 Å². The predicted molar refractivity (Wildman–Crippen MR) is 148 cm³/mol. The van der Waals surface area contributed by atoms with Crippen LogP contribution in [0.5, 0.6) is 5.75 Å². The number of hydrogen-bond donors (Lipinski definition) is 1. The fourth-order valence-corrected chi connectivity index (χ4v) is 6.31. The molecule has 40 heavy (non-hydrogen) atoms. The summed E-state index contributed by atoms with van der Waals surface area (Å²) in [6, 6.07) is 7.42. The number of nitrogens with zero attached hydrogens (tertiary/aromatic N) is 3. The van der Waals surface area contributed by atoms with E-state index in [9.17, 15) is 17.6 Å². The van der Waals surface area contributed by atoms with E-state index in [0.717, 1.165) is 48.5 Å². The zero-order chi connectivity index (χ0) is 28.5. The van der Waals surface area contributed by atoms with Gasteiger partial charge in [0.05, 0.1) is 30.8 Å². The second-order valence-electron chi connectivity index (χ2n) is 11.1. The zero-order valence-corrected chi connectivity index (χ0v) is 23.6. The molecule has 1 amide bonds. The molecule has 1 saturated carbocycles. The van der Waals surface area contributed by atoms with Gasteiger partial charge in [-0.05, 0) is 61.9 Å². The molecule has 1 aromatic carbocycles. The van der Waals surface area contributed by atoms with Gasteiger partial charge >= 0.3 is 6.09 Å². The summed E-state index contributed by atoms with van der Waals surface area (Å²) in [4.78, 5) is 20.8. The molecule has 1 spiro atoms. The Hall–Kier alpha value is -3.02. The highest BCUT2D eigenvalue weighted by Crippen LogP contribution is 2.46. The molecular formula is C29H36FN3O6S. The number of carbonyl (C=O) groups excluding carboxylic acids is 1. The van der Waals surface area contributed by atoms with Crippen LogP contribution in [0.2, 0.25) is 0 Å². The van der Waals surface area contributed by atoms with E-state index in [1.54, 1.807) is 11.0 Å². The van der Waals surface area contributed by atoms with Crippen LogP contribution in [0.4, 0.5) is 9.18 Å². The first kappa shape index (κ1) is 28.5. The molecule has 3 heterocycles. The fourth-order valence-electron chi connectivity index (χ4n) is 5.65. The minimum absolute atomic E-state index is 0.282. The summed E-state index contributed by atoms with van der Waals surface area (Å²) in [5.74, 6) is 0.402. The van der Waals surface area contributed by atoms with Crippen molar-refractivity contribution in [3.63, 3.8) is 0 Å². The number of pyridine rings is 1.